The smallest absolute Gasteiger partial charge is 0.257 e. The minimum absolute atomic E-state index is 0.324. The maximum absolute atomic E-state index is 13.5. The van der Waals surface area contributed by atoms with Gasteiger partial charge in [0, 0.05) is 11.9 Å². The highest BCUT2D eigenvalue weighted by atomic mass is 79.9. The molecular weight excluding hydrogens is 327 g/mol. The number of rotatable bonds is 3. The number of nitrogens with one attached hydrogen (secondary N) is 2. The van der Waals surface area contributed by atoms with Crippen LogP contribution in [0.4, 0.5) is 15.8 Å². The zero-order valence-corrected chi connectivity index (χ0v) is 12.2. The Hall–Kier alpha value is -1.99. The Kier molecular flexibility index (Phi) is 4.31. The fraction of sp³-hybridized carbons (Fsp3) is 0.0769. The van der Waals surface area contributed by atoms with Crippen molar-refractivity contribution >= 4 is 33.2 Å². The van der Waals surface area contributed by atoms with Gasteiger partial charge in [-0.2, -0.15) is 0 Å². The molecule has 2 aromatic rings. The molecule has 0 unspecified atom stereocenters. The molecule has 0 aliphatic heterocycles. The predicted molar refractivity (Wildman–Crippen MR) is 78.8 cm³/mol. The van der Waals surface area contributed by atoms with E-state index in [0.29, 0.717) is 21.4 Å². The van der Waals surface area contributed by atoms with Crippen LogP contribution in [0.5, 0.6) is 0 Å². The van der Waals surface area contributed by atoms with Crippen LogP contribution in [0.15, 0.2) is 35.1 Å². The SMILES string of the molecule is Cc1cc(Br)c(F)cc1NC(=O)c1ccncc1NN. The first-order valence-corrected chi connectivity index (χ1v) is 6.50. The van der Waals surface area contributed by atoms with Gasteiger partial charge in [-0.25, -0.2) is 4.39 Å². The summed E-state index contributed by atoms with van der Waals surface area (Å²) in [5.74, 6) is 4.48. The molecule has 0 bridgehead atoms. The molecule has 104 valence electrons. The van der Waals surface area contributed by atoms with E-state index in [1.807, 2.05) is 0 Å². The Morgan fingerprint density at radius 3 is 2.85 bits per heavy atom. The summed E-state index contributed by atoms with van der Waals surface area (Å²) >= 11 is 3.09. The number of anilines is 2. The average Bonchev–Trinajstić information content (AvgIpc) is 2.44. The zero-order chi connectivity index (χ0) is 14.7. The Balaban J connectivity index is 2.30. The average molecular weight is 339 g/mol. The highest BCUT2D eigenvalue weighted by Crippen LogP contribution is 2.25. The highest BCUT2D eigenvalue weighted by molar-refractivity contribution is 9.10. The molecule has 1 heterocycles. The van der Waals surface area contributed by atoms with Gasteiger partial charge in [0.05, 0.1) is 21.9 Å². The monoisotopic (exact) mass is 338 g/mol. The van der Waals surface area contributed by atoms with E-state index in [0.717, 1.165) is 5.56 Å². The standard InChI is InChI=1S/C13H12BrFN4O/c1-7-4-9(14)10(15)5-11(7)18-13(20)8-2-3-17-6-12(8)19-16/h2-6,19H,16H2,1H3,(H,18,20). The van der Waals surface area contributed by atoms with E-state index in [1.54, 1.807) is 13.0 Å². The number of hydrazine groups is 1. The van der Waals surface area contributed by atoms with E-state index in [4.69, 9.17) is 5.84 Å². The van der Waals surface area contributed by atoms with Crippen LogP contribution >= 0.6 is 15.9 Å². The summed E-state index contributed by atoms with van der Waals surface area (Å²) in [6.07, 6.45) is 2.91. The van der Waals surface area contributed by atoms with Crippen molar-refractivity contribution in [1.29, 1.82) is 0 Å². The number of nitrogens with zero attached hydrogens (tertiary/aromatic N) is 1. The van der Waals surface area contributed by atoms with Gasteiger partial charge in [-0.1, -0.05) is 0 Å². The number of amides is 1. The Morgan fingerprint density at radius 2 is 2.15 bits per heavy atom. The van der Waals surface area contributed by atoms with Crippen molar-refractivity contribution in [2.24, 2.45) is 5.84 Å². The minimum atomic E-state index is -0.446. The summed E-state index contributed by atoms with van der Waals surface area (Å²) in [5, 5.41) is 2.65. The van der Waals surface area contributed by atoms with Gasteiger partial charge in [-0.05, 0) is 46.6 Å². The lowest BCUT2D eigenvalue weighted by Crippen LogP contribution is -2.18. The first kappa shape index (κ1) is 14.4. The van der Waals surface area contributed by atoms with E-state index in [-0.39, 0.29) is 0 Å². The number of pyridine rings is 1. The van der Waals surface area contributed by atoms with E-state index in [1.165, 1.54) is 24.5 Å². The molecule has 5 nitrogen and oxygen atoms in total. The largest absolute Gasteiger partial charge is 0.322 e. The van der Waals surface area contributed by atoms with Gasteiger partial charge in [0.2, 0.25) is 0 Å². The quantitative estimate of drug-likeness (QED) is 0.593. The van der Waals surface area contributed by atoms with E-state index in [2.05, 4.69) is 31.7 Å². The van der Waals surface area contributed by atoms with Gasteiger partial charge in [0.15, 0.2) is 0 Å². The highest BCUT2D eigenvalue weighted by Gasteiger charge is 2.13. The molecule has 2 rings (SSSR count). The molecule has 0 saturated heterocycles. The molecule has 0 fully saturated rings. The third-order valence-electron chi connectivity index (χ3n) is 2.74. The molecule has 0 aliphatic carbocycles. The van der Waals surface area contributed by atoms with Gasteiger partial charge >= 0.3 is 0 Å². The molecule has 0 saturated carbocycles. The van der Waals surface area contributed by atoms with Crippen molar-refractivity contribution < 1.29 is 9.18 Å². The van der Waals surface area contributed by atoms with Crippen molar-refractivity contribution in [3.63, 3.8) is 0 Å². The molecule has 4 N–H and O–H groups in total. The molecule has 20 heavy (non-hydrogen) atoms. The number of nitrogen functional groups attached to an aromatic ring is 1. The minimum Gasteiger partial charge on any atom is -0.322 e. The molecule has 0 spiro atoms. The summed E-state index contributed by atoms with van der Waals surface area (Å²) in [5.41, 5.74) is 4.24. The molecule has 0 aliphatic rings. The van der Waals surface area contributed by atoms with Crippen molar-refractivity contribution in [3.8, 4) is 0 Å². The molecular formula is C13H12BrFN4O. The third-order valence-corrected chi connectivity index (χ3v) is 3.34. The number of carbonyl (C=O) groups excluding carboxylic acids is 1. The Morgan fingerprint density at radius 1 is 1.40 bits per heavy atom. The van der Waals surface area contributed by atoms with Crippen molar-refractivity contribution in [1.82, 2.24) is 4.98 Å². The van der Waals surface area contributed by atoms with Crippen LogP contribution in [0.3, 0.4) is 0 Å². The molecule has 0 atom stereocenters. The van der Waals surface area contributed by atoms with Gasteiger partial charge in [-0.3, -0.25) is 15.6 Å². The van der Waals surface area contributed by atoms with Gasteiger partial charge in [0.1, 0.15) is 5.82 Å². The summed E-state index contributed by atoms with van der Waals surface area (Å²) < 4.78 is 13.9. The molecule has 1 aromatic heterocycles. The van der Waals surface area contributed by atoms with Gasteiger partial charge in [-0.15, -0.1) is 0 Å². The van der Waals surface area contributed by atoms with E-state index in [9.17, 15) is 9.18 Å². The number of benzene rings is 1. The number of aromatic nitrogens is 1. The van der Waals surface area contributed by atoms with Gasteiger partial charge < -0.3 is 10.7 Å². The fourth-order valence-corrected chi connectivity index (χ4v) is 2.14. The maximum atomic E-state index is 13.5. The topological polar surface area (TPSA) is 80.0 Å². The molecule has 7 heteroatoms. The number of nitrogens with two attached hydrogens (primary N) is 1. The summed E-state index contributed by atoms with van der Waals surface area (Å²) in [7, 11) is 0. The van der Waals surface area contributed by atoms with Crippen LogP contribution in [0, 0.1) is 12.7 Å². The van der Waals surface area contributed by atoms with Crippen molar-refractivity contribution in [2.75, 3.05) is 10.7 Å². The second-order valence-corrected chi connectivity index (χ2v) is 4.96. The number of halogens is 2. The predicted octanol–water partition coefficient (Wildman–Crippen LogP) is 2.83. The van der Waals surface area contributed by atoms with Gasteiger partial charge in [0.25, 0.3) is 5.91 Å². The summed E-state index contributed by atoms with van der Waals surface area (Å²) in [6, 6.07) is 4.38. The fourth-order valence-electron chi connectivity index (χ4n) is 1.68. The van der Waals surface area contributed by atoms with Crippen LogP contribution in [0.25, 0.3) is 0 Å². The molecule has 0 radical (unpaired) electrons. The first-order valence-electron chi connectivity index (χ1n) is 5.70. The third kappa shape index (κ3) is 2.94. The molecule has 1 amide bonds. The maximum Gasteiger partial charge on any atom is 0.257 e. The number of hydrogen-bond acceptors (Lipinski definition) is 4. The lowest BCUT2D eigenvalue weighted by Gasteiger charge is -2.11. The normalized spacial score (nSPS) is 10.2. The molecule has 1 aromatic carbocycles. The lowest BCUT2D eigenvalue weighted by atomic mass is 10.1. The zero-order valence-electron chi connectivity index (χ0n) is 10.6. The van der Waals surface area contributed by atoms with Crippen molar-refractivity contribution in [3.05, 3.63) is 52.0 Å². The van der Waals surface area contributed by atoms with Crippen LogP contribution in [-0.2, 0) is 0 Å². The lowest BCUT2D eigenvalue weighted by molar-refractivity contribution is 0.102. The number of carbonyl (C=O) groups is 1. The van der Waals surface area contributed by atoms with E-state index < -0.39 is 11.7 Å². The van der Waals surface area contributed by atoms with Crippen LogP contribution < -0.4 is 16.6 Å². The summed E-state index contributed by atoms with van der Waals surface area (Å²) in [6.45, 7) is 1.77. The number of hydrogen-bond donors (Lipinski definition) is 3. The van der Waals surface area contributed by atoms with Crippen LogP contribution in [-0.4, -0.2) is 10.9 Å². The second-order valence-electron chi connectivity index (χ2n) is 4.10. The second kappa shape index (κ2) is 5.98. The van der Waals surface area contributed by atoms with Crippen molar-refractivity contribution in [2.45, 2.75) is 6.92 Å². The first-order chi connectivity index (χ1) is 9.52. The number of aryl methyl sites for hydroxylation is 1. The Labute approximate surface area is 123 Å². The Bertz CT molecular complexity index is 663. The van der Waals surface area contributed by atoms with Crippen LogP contribution in [0.1, 0.15) is 15.9 Å². The van der Waals surface area contributed by atoms with Crippen LogP contribution in [0.2, 0.25) is 0 Å². The summed E-state index contributed by atoms with van der Waals surface area (Å²) in [4.78, 5) is 16.0. The van der Waals surface area contributed by atoms with E-state index >= 15 is 0 Å².